The zero-order chi connectivity index (χ0) is 71.9. The van der Waals surface area contributed by atoms with Crippen LogP contribution in [0.4, 0.5) is 34.1 Å². The molecule has 0 fully saturated rings. The first-order chi connectivity index (χ1) is 49.3. The molecule has 0 bridgehead atoms. The molecule has 2 nitrogen and oxygen atoms in total. The third kappa shape index (κ3) is 8.05. The molecule has 2 aliphatic heterocycles. The molecule has 0 aromatic heterocycles. The molecule has 0 saturated heterocycles. The third-order valence-electron chi connectivity index (χ3n) is 19.1. The van der Waals surface area contributed by atoms with Crippen molar-refractivity contribution in [2.24, 2.45) is 0 Å². The van der Waals surface area contributed by atoms with Gasteiger partial charge in [-0.3, -0.25) is 0 Å². The Bertz CT molecular complexity index is 5690. The second-order valence-electron chi connectivity index (χ2n) is 26.1. The molecule has 0 unspecified atom stereocenters. The molecule has 0 amide bonds. The molecule has 0 atom stereocenters. The summed E-state index contributed by atoms with van der Waals surface area (Å²) in [6.07, 6.45) is 0. The van der Waals surface area contributed by atoms with Gasteiger partial charge in [-0.25, -0.2) is 0 Å². The van der Waals surface area contributed by atoms with Gasteiger partial charge >= 0.3 is 0 Å². The van der Waals surface area contributed by atoms with Gasteiger partial charge in [-0.2, -0.15) is 0 Å². The number of benzene rings is 13. The van der Waals surface area contributed by atoms with Gasteiger partial charge in [0.15, 0.2) is 0 Å². The third-order valence-corrected chi connectivity index (χ3v) is 19.1. The van der Waals surface area contributed by atoms with Crippen molar-refractivity contribution in [3.8, 4) is 77.9 Å². The van der Waals surface area contributed by atoms with Gasteiger partial charge < -0.3 is 9.80 Å². The van der Waals surface area contributed by atoms with E-state index in [-0.39, 0.29) is 57.4 Å². The van der Waals surface area contributed by atoms with Crippen LogP contribution in [0.1, 0.15) is 92.7 Å². The lowest BCUT2D eigenvalue weighted by Crippen LogP contribution is -2.61. The van der Waals surface area contributed by atoms with Gasteiger partial charge in [0.2, 0.25) is 0 Å². The van der Waals surface area contributed by atoms with E-state index in [1.807, 2.05) is 84.9 Å². The molecule has 13 aromatic carbocycles. The van der Waals surface area contributed by atoms with E-state index >= 15 is 0 Å². The summed E-state index contributed by atoms with van der Waals surface area (Å²) < 4.78 is 122. The summed E-state index contributed by atoms with van der Waals surface area (Å²) in [6, 6.07) is 69.8. The summed E-state index contributed by atoms with van der Waals surface area (Å²) in [5.41, 5.74) is 18.4. The predicted molar refractivity (Wildman–Crippen MR) is 381 cm³/mol. The molecular formula is C87H67BN2. The molecule has 0 saturated carbocycles. The van der Waals surface area contributed by atoms with Crippen LogP contribution in [-0.2, 0) is 16.2 Å². The lowest BCUT2D eigenvalue weighted by atomic mass is 9.33. The van der Waals surface area contributed by atoms with Crippen LogP contribution in [0.25, 0.3) is 77.9 Å². The summed E-state index contributed by atoms with van der Waals surface area (Å²) in [5.74, 6) is 0. The molecule has 2 aliphatic carbocycles. The Morgan fingerprint density at radius 1 is 0.311 bits per heavy atom. The van der Waals surface area contributed by atoms with Crippen LogP contribution in [-0.4, -0.2) is 6.71 Å². The van der Waals surface area contributed by atoms with Gasteiger partial charge in [0.1, 0.15) is 0 Å². The van der Waals surface area contributed by atoms with E-state index in [1.165, 1.54) is 0 Å². The Morgan fingerprint density at radius 3 is 1.47 bits per heavy atom. The first-order valence-electron chi connectivity index (χ1n) is 37.4. The summed E-state index contributed by atoms with van der Waals surface area (Å²) in [4.78, 5) is 4.79. The number of nitrogens with zero attached hydrogens (tertiary/aromatic N) is 2. The number of fused-ring (bicyclic) bond motifs is 14. The van der Waals surface area contributed by atoms with Crippen molar-refractivity contribution in [3.63, 3.8) is 0 Å². The van der Waals surface area contributed by atoms with E-state index in [2.05, 4.69) is 185 Å². The average Bonchev–Trinajstić information content (AvgIpc) is 1.40. The second-order valence-corrected chi connectivity index (χ2v) is 26.1. The molecule has 428 valence electrons. The number of rotatable bonds is 7. The summed E-state index contributed by atoms with van der Waals surface area (Å²) in [7, 11) is 0. The van der Waals surface area contributed by atoms with Gasteiger partial charge in [0, 0.05) is 39.4 Å². The Labute approximate surface area is 548 Å². The molecule has 1 spiro atoms. The van der Waals surface area contributed by atoms with Gasteiger partial charge in [0.25, 0.3) is 6.71 Å². The minimum Gasteiger partial charge on any atom is -0.311 e. The van der Waals surface area contributed by atoms with E-state index in [9.17, 15) is 11.0 Å². The Balaban J connectivity index is 1.04. The molecule has 90 heavy (non-hydrogen) atoms. The van der Waals surface area contributed by atoms with E-state index in [4.69, 9.17) is 6.85 Å². The number of anilines is 6. The van der Waals surface area contributed by atoms with Crippen molar-refractivity contribution >= 4 is 57.2 Å². The van der Waals surface area contributed by atoms with Crippen LogP contribution in [0.3, 0.4) is 0 Å². The van der Waals surface area contributed by atoms with E-state index < -0.39 is 71.9 Å². The van der Waals surface area contributed by atoms with Crippen molar-refractivity contribution in [2.45, 2.75) is 57.8 Å². The fraction of sp³-hybridized carbons (Fsp3) is 0.103. The van der Waals surface area contributed by atoms with Crippen LogP contribution < -0.4 is 26.2 Å². The molecule has 17 rings (SSSR count). The highest BCUT2D eigenvalue weighted by Crippen LogP contribution is 2.65. The fourth-order valence-corrected chi connectivity index (χ4v) is 15.0. The maximum absolute atomic E-state index is 10.1. The smallest absolute Gasteiger partial charge is 0.252 e. The molecule has 13 aromatic rings. The van der Waals surface area contributed by atoms with Crippen molar-refractivity contribution in [1.29, 1.82) is 0 Å². The SMILES string of the molecule is [2H]c1c([2H])c([2H])c(-c2ccc3c(c2)N(c2ccc(C(C)(C)C)cc2-c2ccccc2)c2cc(C(C)(C)C)cc4c2B3c2cc(-c3cccc5c3C3(c6ccccc6-5)c5c([2H])c([2H])c([2H])c([2H])c5-c5c([2H])c([2H])c([2H])c([2H])c53)ccc2N4c2c(-c3ccccc3)cccc2-c2ccccc2)c([2H])c1[2H]. The number of hydrogen-bond acceptors (Lipinski definition) is 2. The first-order valence-corrected chi connectivity index (χ1v) is 30.9. The van der Waals surface area contributed by atoms with Gasteiger partial charge in [-0.1, -0.05) is 302 Å². The lowest BCUT2D eigenvalue weighted by Gasteiger charge is -2.46. The largest absolute Gasteiger partial charge is 0.311 e. The Hall–Kier alpha value is -10.5. The summed E-state index contributed by atoms with van der Waals surface area (Å²) in [6.45, 7) is 12.7. The zero-order valence-corrected chi connectivity index (χ0v) is 50.8. The van der Waals surface area contributed by atoms with Crippen LogP contribution in [0, 0.1) is 0 Å². The van der Waals surface area contributed by atoms with Crippen LogP contribution in [0.5, 0.6) is 0 Å². The normalized spacial score (nSPS) is 15.7. The fourth-order valence-electron chi connectivity index (χ4n) is 15.0. The van der Waals surface area contributed by atoms with E-state index in [0.29, 0.717) is 22.3 Å². The zero-order valence-electron chi connectivity index (χ0n) is 63.8. The van der Waals surface area contributed by atoms with Crippen molar-refractivity contribution in [1.82, 2.24) is 0 Å². The highest BCUT2D eigenvalue weighted by atomic mass is 15.2. The summed E-state index contributed by atoms with van der Waals surface area (Å²) >= 11 is 0. The van der Waals surface area contributed by atoms with Crippen LogP contribution >= 0.6 is 0 Å². The quantitative estimate of drug-likeness (QED) is 0.147. The molecule has 2 heterocycles. The second kappa shape index (κ2) is 20.3. The summed E-state index contributed by atoms with van der Waals surface area (Å²) in [5, 5.41) is 0. The average molecular weight is 1160 g/mol. The lowest BCUT2D eigenvalue weighted by molar-refractivity contribution is 0.590. The van der Waals surface area contributed by atoms with Crippen molar-refractivity contribution < 1.29 is 17.8 Å². The van der Waals surface area contributed by atoms with Gasteiger partial charge in [-0.15, -0.1) is 0 Å². The highest BCUT2D eigenvalue weighted by Gasteiger charge is 2.53. The Kier molecular flexibility index (Phi) is 9.38. The number of para-hydroxylation sites is 1. The minimum absolute atomic E-state index is 0.0337. The molecular weight excluding hydrogens is 1080 g/mol. The predicted octanol–water partition coefficient (Wildman–Crippen LogP) is 21.0. The van der Waals surface area contributed by atoms with Crippen LogP contribution in [0.2, 0.25) is 0 Å². The monoisotopic (exact) mass is 1160 g/mol. The van der Waals surface area contributed by atoms with Crippen molar-refractivity contribution in [2.75, 3.05) is 9.80 Å². The van der Waals surface area contributed by atoms with E-state index in [0.717, 1.165) is 112 Å². The maximum atomic E-state index is 10.1. The standard InChI is InChI=1S/C87H67BN2/c1-85(2,3)62-47-50-77(71(53-62)59-33-17-10-18-34-59)89-79-52-60(56-27-11-7-12-28-56)45-48-75(79)88-76-51-61(64-38-25-41-70-69-37-21-24-44-74(69)87(82(64)70)72-42-22-19-35-67(72)68-36-20-23-43-73(68)87)46-49-78(76)90(81-55-63(86(4,5)6)54-80(89)83(81)88)84-65(57-29-13-8-14-30-57)39-26-40-66(84)58-31-15-9-16-32-58/h7-55H,1-6H3/i7D,11D,12D,19D,20D,22D,23D,27D,28D,35D,36D,42D,43D. The first kappa shape index (κ1) is 41.6. The molecule has 0 N–H and O–H groups in total. The van der Waals surface area contributed by atoms with Gasteiger partial charge in [-0.05, 0) is 158 Å². The van der Waals surface area contributed by atoms with E-state index in [1.54, 1.807) is 0 Å². The number of hydrogen-bond donors (Lipinski definition) is 0. The topological polar surface area (TPSA) is 6.48 Å². The van der Waals surface area contributed by atoms with Gasteiger partial charge in [0.05, 0.1) is 34.6 Å². The molecule has 0 radical (unpaired) electrons. The van der Waals surface area contributed by atoms with Crippen LogP contribution in [0.15, 0.2) is 297 Å². The highest BCUT2D eigenvalue weighted by molar-refractivity contribution is 7.00. The Morgan fingerprint density at radius 2 is 0.833 bits per heavy atom. The molecule has 4 aliphatic rings. The molecule has 3 heteroatoms. The van der Waals surface area contributed by atoms with Crippen molar-refractivity contribution in [3.05, 3.63) is 330 Å². The maximum Gasteiger partial charge on any atom is 0.252 e. The minimum atomic E-state index is -1.71.